The van der Waals surface area contributed by atoms with Crippen LogP contribution in [0.2, 0.25) is 0 Å². The summed E-state index contributed by atoms with van der Waals surface area (Å²) in [7, 11) is 1.96. The highest BCUT2D eigenvalue weighted by Gasteiger charge is 2.43. The fraction of sp³-hybridized carbons (Fsp3) is 0.590. The number of carbonyl (C=O) groups is 12. The Hall–Kier alpha value is -8.19. The fourth-order valence-electron chi connectivity index (χ4n) is 10.5. The number of aliphatic hydroxyl groups excluding tert-OH is 3. The number of nitrogens with zero attached hydrogens (tertiary/aromatic N) is 2. The smallest absolute Gasteiger partial charge is 0.311 e. The van der Waals surface area contributed by atoms with E-state index in [4.69, 9.17) is 48.6 Å². The minimum Gasteiger partial charge on any atom is -0.427 e. The largest absolute Gasteiger partial charge is 0.427 e. The van der Waals surface area contributed by atoms with Crippen LogP contribution in [0.3, 0.4) is 0 Å². The number of amides is 11. The molecule has 530 valence electrons. The second-order valence-electron chi connectivity index (χ2n) is 23.5. The van der Waals surface area contributed by atoms with Gasteiger partial charge in [0.15, 0.2) is 12.2 Å². The van der Waals surface area contributed by atoms with Crippen molar-refractivity contribution < 1.29 is 87.1 Å². The van der Waals surface area contributed by atoms with Crippen LogP contribution in [0.5, 0.6) is 5.75 Å². The molecule has 0 saturated carbocycles. The maximum absolute atomic E-state index is 14.8. The van der Waals surface area contributed by atoms with Gasteiger partial charge in [0.2, 0.25) is 65.0 Å². The number of nitrogens with two attached hydrogens (primary N) is 6. The Bertz CT molecular complexity index is 3010. The van der Waals surface area contributed by atoms with Crippen molar-refractivity contribution in [3.63, 3.8) is 0 Å². The lowest BCUT2D eigenvalue weighted by Crippen LogP contribution is -2.61. The van der Waals surface area contributed by atoms with Crippen molar-refractivity contribution in [3.05, 3.63) is 65.7 Å². The molecule has 0 bridgehead atoms. The zero-order valence-corrected chi connectivity index (χ0v) is 55.0. The average Bonchev–Trinajstić information content (AvgIpc) is 1.12. The molecule has 0 aromatic heterocycles. The monoisotopic (exact) mass is 1390 g/mol. The highest BCUT2D eigenvalue weighted by molar-refractivity contribution is 8.76. The molecule has 2 aromatic rings. The molecule has 3 saturated heterocycles. The molecule has 0 aliphatic carbocycles. The fourth-order valence-corrected chi connectivity index (χ4v) is 12.7. The summed E-state index contributed by atoms with van der Waals surface area (Å²) in [6.45, 7) is 1.35. The first-order valence-electron chi connectivity index (χ1n) is 31.7. The maximum Gasteiger partial charge on any atom is 0.311 e. The number of aliphatic hydroxyl groups is 3. The molecule has 0 spiro atoms. The Morgan fingerprint density at radius 2 is 1.27 bits per heavy atom. The molecular formula is C61H91N15O18S2. The first-order valence-corrected chi connectivity index (χ1v) is 34.1. The Kier molecular flexibility index (Phi) is 33.0. The molecular weight excluding hydrogens is 1290 g/mol. The second kappa shape index (κ2) is 40.4. The van der Waals surface area contributed by atoms with Crippen LogP contribution < -0.4 is 76.4 Å². The number of carbonyl (C=O) groups excluding carboxylic acids is 12. The summed E-state index contributed by atoms with van der Waals surface area (Å²) in [5, 5.41) is 47.9. The third kappa shape index (κ3) is 26.8. The van der Waals surface area contributed by atoms with E-state index < -0.39 is 176 Å². The molecule has 22 N–H and O–H groups in total. The van der Waals surface area contributed by atoms with Gasteiger partial charge >= 0.3 is 5.97 Å². The lowest BCUT2D eigenvalue weighted by Gasteiger charge is -2.38. The number of hydrogen-bond donors (Lipinski definition) is 16. The maximum atomic E-state index is 14.8. The lowest BCUT2D eigenvalue weighted by molar-refractivity contribution is -0.293. The van der Waals surface area contributed by atoms with Crippen molar-refractivity contribution in [1.29, 1.82) is 0 Å². The van der Waals surface area contributed by atoms with Crippen LogP contribution in [-0.2, 0) is 79.8 Å². The number of benzene rings is 2. The second-order valence-corrected chi connectivity index (χ2v) is 26.0. The summed E-state index contributed by atoms with van der Waals surface area (Å²) in [6, 6.07) is 2.73. The van der Waals surface area contributed by atoms with E-state index in [1.807, 2.05) is 0 Å². The van der Waals surface area contributed by atoms with Crippen molar-refractivity contribution in [2.75, 3.05) is 37.7 Å². The summed E-state index contributed by atoms with van der Waals surface area (Å²) in [6.07, 6.45) is -2.87. The van der Waals surface area contributed by atoms with Crippen LogP contribution in [-0.4, -0.2) is 214 Å². The van der Waals surface area contributed by atoms with Gasteiger partial charge in [-0.1, -0.05) is 89.7 Å². The molecule has 3 fully saturated rings. The molecule has 3 aliphatic heterocycles. The normalized spacial score (nSPS) is 25.1. The van der Waals surface area contributed by atoms with Crippen LogP contribution in [0, 0.1) is 0 Å². The van der Waals surface area contributed by atoms with Crippen molar-refractivity contribution in [1.82, 2.24) is 42.1 Å². The van der Waals surface area contributed by atoms with E-state index >= 15 is 0 Å². The quantitative estimate of drug-likeness (QED) is 0.00873. The topological polar surface area (TPSA) is 549 Å². The predicted molar refractivity (Wildman–Crippen MR) is 350 cm³/mol. The van der Waals surface area contributed by atoms with Gasteiger partial charge in [-0.15, -0.1) is 0 Å². The van der Waals surface area contributed by atoms with Gasteiger partial charge in [0, 0.05) is 56.9 Å². The minimum atomic E-state index is -1.83. The SMILES string of the molecule is C[C@H]1O[C@@H](OCCCCCCCCC(=O)Oc2ccc(CC3NC(=O)[C@@H](N)CSSCC(C(=O)N4CCC[C@H]4C(=O)N[C@@H](CCCN=C(N)N)C(=O)NCC(N)=O)NC(=O)[C@H](CC(N)=O)NC(=O)[C@H](CCC(N)=O)NC(=O)C(Cc4ccccc4)NC3=O)cc2)[C@H](O)[C@@H](O)[C@H]1O. The van der Waals surface area contributed by atoms with Gasteiger partial charge in [-0.25, -0.2) is 0 Å². The molecule has 3 heterocycles. The number of hydrogen-bond acceptors (Lipinski definition) is 22. The van der Waals surface area contributed by atoms with Crippen LogP contribution in [0.4, 0.5) is 0 Å². The van der Waals surface area contributed by atoms with Crippen molar-refractivity contribution >= 4 is 98.5 Å². The Labute approximate surface area is 562 Å². The minimum absolute atomic E-state index is 0.0174. The summed E-state index contributed by atoms with van der Waals surface area (Å²) >= 11 is 0. The molecule has 3 aliphatic rings. The molecule has 2 aromatic carbocycles. The summed E-state index contributed by atoms with van der Waals surface area (Å²) in [5.41, 5.74) is 34.7. The number of nitrogens with one attached hydrogen (secondary N) is 7. The molecule has 3 unspecified atom stereocenters. The summed E-state index contributed by atoms with van der Waals surface area (Å²) in [4.78, 5) is 168. The average molecular weight is 1390 g/mol. The number of primary amides is 3. The zero-order chi connectivity index (χ0) is 70.4. The van der Waals surface area contributed by atoms with Gasteiger partial charge < -0.3 is 106 Å². The molecule has 96 heavy (non-hydrogen) atoms. The lowest BCUT2D eigenvalue weighted by atomic mass is 10.00. The van der Waals surface area contributed by atoms with Gasteiger partial charge in [0.05, 0.1) is 25.1 Å². The van der Waals surface area contributed by atoms with Crippen LogP contribution >= 0.6 is 21.6 Å². The molecule has 33 nitrogen and oxygen atoms in total. The number of unbranched alkanes of at least 4 members (excludes halogenated alkanes) is 5. The number of likely N-dealkylation sites (tertiary alicyclic amines) is 1. The van der Waals surface area contributed by atoms with Gasteiger partial charge in [0.25, 0.3) is 0 Å². The van der Waals surface area contributed by atoms with E-state index in [1.54, 1.807) is 49.4 Å². The zero-order valence-electron chi connectivity index (χ0n) is 53.4. The van der Waals surface area contributed by atoms with E-state index in [-0.39, 0.29) is 87.9 Å². The highest BCUT2D eigenvalue weighted by atomic mass is 33.1. The first kappa shape index (κ1) is 78.5. The molecule has 11 amide bonds. The van der Waals surface area contributed by atoms with Crippen LogP contribution in [0.25, 0.3) is 0 Å². The number of esters is 1. The number of guanidine groups is 1. The van der Waals surface area contributed by atoms with Gasteiger partial charge in [-0.05, 0) is 75.1 Å². The number of ether oxygens (including phenoxy) is 3. The summed E-state index contributed by atoms with van der Waals surface area (Å²) in [5.74, 6) is -11.1. The third-order valence-corrected chi connectivity index (χ3v) is 18.2. The standard InChI is InChI=1S/C61H91N15O18S2/c1-33-49(81)50(82)51(83)60(93-33)92-26-10-5-3-2-4-9-17-48(80)94-36-20-18-35(19-21-36)28-40-56(88)73-41(27-34-13-7-6-8-14-34)55(87)70-39(22-23-45(63)77)54(86)74-42(29-46(64)78)57(89)75-43(32-96-95-31-37(62)52(84)72-40)59(91)76-25-12-16-44(76)58(90)71-38(15-11-24-68-61(66)67)53(85)69-30-47(65)79/h6-8,13-14,18-21,33,37-44,49-51,60,81-83H,2-5,9-12,15-17,22-32,62H2,1H3,(H2,63,77)(H2,64,78)(H2,65,79)(H,69,85)(H,70,87)(H,71,90)(H,72,84)(H,73,88)(H,74,86)(H,75,89)(H4,66,67,68)/t33-,37+,38+,39+,40?,41?,42+,43?,44+,49+,50+,51-,60-/m1/s1. The third-order valence-electron chi connectivity index (χ3n) is 15.7. The number of aliphatic imine (C=N–C) groups is 1. The van der Waals surface area contributed by atoms with Crippen LogP contribution in [0.15, 0.2) is 59.6 Å². The summed E-state index contributed by atoms with van der Waals surface area (Å²) < 4.78 is 16.6. The van der Waals surface area contributed by atoms with Gasteiger partial charge in [-0.2, -0.15) is 0 Å². The first-order chi connectivity index (χ1) is 45.7. The molecule has 5 rings (SSSR count). The van der Waals surface area contributed by atoms with E-state index in [2.05, 4.69) is 42.2 Å². The van der Waals surface area contributed by atoms with E-state index in [1.165, 1.54) is 17.0 Å². The molecule has 13 atom stereocenters. The van der Waals surface area contributed by atoms with E-state index in [9.17, 15) is 72.9 Å². The molecule has 0 radical (unpaired) electrons. The van der Waals surface area contributed by atoms with Gasteiger partial charge in [0.1, 0.15) is 66.4 Å². The Morgan fingerprint density at radius 3 is 1.92 bits per heavy atom. The van der Waals surface area contributed by atoms with Crippen molar-refractivity contribution in [2.45, 2.75) is 189 Å². The van der Waals surface area contributed by atoms with E-state index in [0.717, 1.165) is 47.3 Å². The van der Waals surface area contributed by atoms with Crippen LogP contribution in [0.1, 0.15) is 108 Å². The highest BCUT2D eigenvalue weighted by Crippen LogP contribution is 2.27. The number of rotatable bonds is 30. The Balaban J connectivity index is 1.34. The molecule has 35 heteroatoms. The Morgan fingerprint density at radius 1 is 0.677 bits per heavy atom. The predicted octanol–water partition coefficient (Wildman–Crippen LogP) is -4.63. The van der Waals surface area contributed by atoms with Crippen molar-refractivity contribution in [3.8, 4) is 5.75 Å². The van der Waals surface area contributed by atoms with Crippen molar-refractivity contribution in [2.24, 2.45) is 39.4 Å². The van der Waals surface area contributed by atoms with Gasteiger partial charge in [-0.3, -0.25) is 62.5 Å². The van der Waals surface area contributed by atoms with E-state index in [0.29, 0.717) is 24.0 Å².